The van der Waals surface area contributed by atoms with Crippen molar-refractivity contribution < 1.29 is 18.0 Å². The Hall–Kier alpha value is -1.20. The fourth-order valence-electron chi connectivity index (χ4n) is 3.66. The second-order valence-electron chi connectivity index (χ2n) is 7.34. The molecule has 11 heteroatoms. The number of hydrogen-bond donors (Lipinski definition) is 1. The Morgan fingerprint density at radius 3 is 2.34 bits per heavy atom. The predicted octanol–water partition coefficient (Wildman–Crippen LogP) is 0.716. The Morgan fingerprint density at radius 2 is 1.79 bits per heavy atom. The average molecular weight is 465 g/mol. The number of hydrogen-bond acceptors (Lipinski definition) is 6. The highest BCUT2D eigenvalue weighted by molar-refractivity contribution is 7.88. The second kappa shape index (κ2) is 10.7. The Kier molecular flexibility index (Phi) is 8.90. The fraction of sp³-hybridized carbons (Fsp3) is 0.667. The zero-order chi connectivity index (χ0) is 20.1. The van der Waals surface area contributed by atoms with E-state index in [0.29, 0.717) is 45.6 Å². The monoisotopic (exact) mass is 464 g/mol. The van der Waals surface area contributed by atoms with Gasteiger partial charge in [-0.2, -0.15) is 0 Å². The van der Waals surface area contributed by atoms with E-state index in [1.54, 1.807) is 0 Å². The van der Waals surface area contributed by atoms with Crippen LogP contribution in [0.4, 0.5) is 0 Å². The van der Waals surface area contributed by atoms with Crippen LogP contribution in [0.5, 0.6) is 0 Å². The van der Waals surface area contributed by atoms with Gasteiger partial charge in [-0.3, -0.25) is 14.5 Å². The van der Waals surface area contributed by atoms with Gasteiger partial charge >= 0.3 is 0 Å². The van der Waals surface area contributed by atoms with Crippen LogP contribution < -0.4 is 5.32 Å². The van der Waals surface area contributed by atoms with E-state index in [1.165, 1.54) is 21.9 Å². The lowest BCUT2D eigenvalue weighted by atomic mass is 9.97. The van der Waals surface area contributed by atoms with Crippen molar-refractivity contribution >= 4 is 45.6 Å². The van der Waals surface area contributed by atoms with Gasteiger partial charge in [0.2, 0.25) is 15.9 Å². The number of halogens is 1. The molecular weight excluding hydrogens is 436 g/mol. The van der Waals surface area contributed by atoms with Gasteiger partial charge in [-0.15, -0.1) is 23.7 Å². The Bertz CT molecular complexity index is 772. The molecule has 0 unspecified atom stereocenters. The molecule has 1 N–H and O–H groups in total. The number of piperidine rings is 1. The first-order valence-electron chi connectivity index (χ1n) is 9.62. The second-order valence-corrected chi connectivity index (χ2v) is 10.3. The summed E-state index contributed by atoms with van der Waals surface area (Å²) in [5.41, 5.74) is 0. The maximum Gasteiger partial charge on any atom is 0.264 e. The molecule has 2 aliphatic rings. The molecule has 2 aliphatic heterocycles. The summed E-state index contributed by atoms with van der Waals surface area (Å²) in [4.78, 5) is 29.6. The van der Waals surface area contributed by atoms with E-state index in [0.717, 1.165) is 24.5 Å². The fourth-order valence-corrected chi connectivity index (χ4v) is 5.23. The van der Waals surface area contributed by atoms with Crippen molar-refractivity contribution in [2.45, 2.75) is 12.8 Å². The van der Waals surface area contributed by atoms with Crippen molar-refractivity contribution in [3.63, 3.8) is 0 Å². The van der Waals surface area contributed by atoms with Crippen LogP contribution in [0.3, 0.4) is 0 Å². The molecule has 3 heterocycles. The van der Waals surface area contributed by atoms with E-state index in [-0.39, 0.29) is 30.1 Å². The smallest absolute Gasteiger partial charge is 0.264 e. The number of carbonyl (C=O) groups is 2. The van der Waals surface area contributed by atoms with Crippen molar-refractivity contribution in [2.24, 2.45) is 5.92 Å². The summed E-state index contributed by atoms with van der Waals surface area (Å²) in [6.45, 7) is 5.18. The maximum atomic E-state index is 12.4. The van der Waals surface area contributed by atoms with Crippen LogP contribution in [-0.2, 0) is 14.8 Å². The van der Waals surface area contributed by atoms with Gasteiger partial charge < -0.3 is 10.2 Å². The molecule has 1 aromatic heterocycles. The van der Waals surface area contributed by atoms with Crippen LogP contribution in [0.2, 0.25) is 0 Å². The third-order valence-corrected chi connectivity index (χ3v) is 7.57. The minimum Gasteiger partial charge on any atom is -0.355 e. The largest absolute Gasteiger partial charge is 0.355 e. The first-order chi connectivity index (χ1) is 13.3. The van der Waals surface area contributed by atoms with Gasteiger partial charge in [0.25, 0.3) is 5.91 Å². The Balaban J connectivity index is 0.00000300. The predicted molar refractivity (Wildman–Crippen MR) is 116 cm³/mol. The molecule has 164 valence electrons. The van der Waals surface area contributed by atoms with E-state index < -0.39 is 10.0 Å². The minimum atomic E-state index is -3.16. The van der Waals surface area contributed by atoms with Crippen molar-refractivity contribution in [3.8, 4) is 0 Å². The van der Waals surface area contributed by atoms with Crippen molar-refractivity contribution in [1.82, 2.24) is 19.4 Å². The molecule has 0 bridgehead atoms. The Morgan fingerprint density at radius 1 is 1.14 bits per heavy atom. The van der Waals surface area contributed by atoms with Gasteiger partial charge in [-0.1, -0.05) is 6.07 Å². The highest BCUT2D eigenvalue weighted by atomic mass is 35.5. The maximum absolute atomic E-state index is 12.4. The number of sulfonamides is 1. The van der Waals surface area contributed by atoms with Crippen LogP contribution in [0.1, 0.15) is 22.5 Å². The summed E-state index contributed by atoms with van der Waals surface area (Å²) < 4.78 is 24.5. The Labute approximate surface area is 182 Å². The van der Waals surface area contributed by atoms with Crippen molar-refractivity contribution in [1.29, 1.82) is 0 Å². The average Bonchev–Trinajstić information content (AvgIpc) is 3.22. The number of thiophene rings is 1. The lowest BCUT2D eigenvalue weighted by molar-refractivity contribution is -0.126. The summed E-state index contributed by atoms with van der Waals surface area (Å²) in [5.74, 6) is 0.00122. The summed E-state index contributed by atoms with van der Waals surface area (Å²) >= 11 is 1.47. The third-order valence-electron chi connectivity index (χ3n) is 5.41. The van der Waals surface area contributed by atoms with Crippen molar-refractivity contribution in [2.75, 3.05) is 58.6 Å². The lowest BCUT2D eigenvalue weighted by Gasteiger charge is -2.34. The molecule has 2 saturated heterocycles. The van der Waals surface area contributed by atoms with Gasteiger partial charge in [-0.05, 0) is 24.3 Å². The third kappa shape index (κ3) is 6.65. The number of amides is 2. The molecule has 8 nitrogen and oxygen atoms in total. The molecular formula is C18H29ClN4O4S2. The molecule has 0 saturated carbocycles. The van der Waals surface area contributed by atoms with Crippen LogP contribution in [0, 0.1) is 5.92 Å². The molecule has 0 atom stereocenters. The van der Waals surface area contributed by atoms with E-state index in [2.05, 4.69) is 10.2 Å². The molecule has 0 radical (unpaired) electrons. The first-order valence-corrected chi connectivity index (χ1v) is 12.4. The molecule has 0 spiro atoms. The molecule has 2 fully saturated rings. The standard InChI is InChI=1S/C18H28N4O4S2.ClH/c1-28(25,26)22-7-4-15(5-8-22)17(23)19-6-9-20-10-12-21(13-11-20)18(24)16-3-2-14-27-16;/h2-3,14-15H,4-13H2,1H3,(H,19,23);1H. The lowest BCUT2D eigenvalue weighted by Crippen LogP contribution is -2.50. The number of piperazine rings is 1. The molecule has 0 aliphatic carbocycles. The van der Waals surface area contributed by atoms with Gasteiger partial charge in [0.15, 0.2) is 0 Å². The van der Waals surface area contributed by atoms with E-state index in [1.807, 2.05) is 22.4 Å². The molecule has 0 aromatic carbocycles. The van der Waals surface area contributed by atoms with Gasteiger partial charge in [0.05, 0.1) is 11.1 Å². The number of rotatable bonds is 6. The summed E-state index contributed by atoms with van der Waals surface area (Å²) in [6, 6.07) is 3.75. The van der Waals surface area contributed by atoms with Crippen LogP contribution in [0.25, 0.3) is 0 Å². The van der Waals surface area contributed by atoms with Gasteiger partial charge in [0.1, 0.15) is 0 Å². The van der Waals surface area contributed by atoms with E-state index >= 15 is 0 Å². The molecule has 2 amide bonds. The topological polar surface area (TPSA) is 90.0 Å². The number of carbonyl (C=O) groups excluding carboxylic acids is 2. The van der Waals surface area contributed by atoms with Crippen LogP contribution in [-0.4, -0.2) is 93.0 Å². The van der Waals surface area contributed by atoms with Crippen LogP contribution in [0.15, 0.2) is 17.5 Å². The SMILES string of the molecule is CS(=O)(=O)N1CCC(C(=O)NCCN2CCN(C(=O)c3cccs3)CC2)CC1.Cl. The summed E-state index contributed by atoms with van der Waals surface area (Å²) in [6.07, 6.45) is 2.35. The highest BCUT2D eigenvalue weighted by Gasteiger charge is 2.29. The summed E-state index contributed by atoms with van der Waals surface area (Å²) in [7, 11) is -3.16. The number of nitrogens with zero attached hydrogens (tertiary/aromatic N) is 3. The van der Waals surface area contributed by atoms with E-state index in [9.17, 15) is 18.0 Å². The normalized spacial score (nSPS) is 19.6. The number of nitrogens with one attached hydrogen (secondary N) is 1. The molecule has 1 aromatic rings. The van der Waals surface area contributed by atoms with Gasteiger partial charge in [-0.25, -0.2) is 12.7 Å². The zero-order valence-electron chi connectivity index (χ0n) is 16.6. The van der Waals surface area contributed by atoms with Gasteiger partial charge in [0, 0.05) is 58.3 Å². The quantitative estimate of drug-likeness (QED) is 0.669. The highest BCUT2D eigenvalue weighted by Crippen LogP contribution is 2.19. The first kappa shape index (κ1) is 24.1. The molecule has 29 heavy (non-hydrogen) atoms. The van der Waals surface area contributed by atoms with E-state index in [4.69, 9.17) is 0 Å². The van der Waals surface area contributed by atoms with Crippen LogP contribution >= 0.6 is 23.7 Å². The summed E-state index contributed by atoms with van der Waals surface area (Å²) in [5, 5.41) is 4.90. The zero-order valence-corrected chi connectivity index (χ0v) is 19.0. The minimum absolute atomic E-state index is 0. The van der Waals surface area contributed by atoms with Crippen molar-refractivity contribution in [3.05, 3.63) is 22.4 Å². The molecule has 3 rings (SSSR count).